The highest BCUT2D eigenvalue weighted by atomic mass is 19.4. The summed E-state index contributed by atoms with van der Waals surface area (Å²) < 4.78 is 38.5. The number of rotatable bonds is 4. The molecule has 20 heavy (non-hydrogen) atoms. The maximum Gasteiger partial charge on any atom is 0.390 e. The molecule has 0 unspecified atom stereocenters. The molecule has 0 amide bonds. The van der Waals surface area contributed by atoms with Crippen LogP contribution < -0.4 is 0 Å². The van der Waals surface area contributed by atoms with Crippen LogP contribution in [0.5, 0.6) is 0 Å². The summed E-state index contributed by atoms with van der Waals surface area (Å²) in [5.74, 6) is 0.593. The monoisotopic (exact) mass is 288 g/mol. The molecule has 4 nitrogen and oxygen atoms in total. The Morgan fingerprint density at radius 1 is 1.15 bits per heavy atom. The molecule has 2 aliphatic rings. The summed E-state index contributed by atoms with van der Waals surface area (Å²) in [6.07, 6.45) is 1.36. The van der Waals surface area contributed by atoms with Crippen LogP contribution in [0, 0.1) is 0 Å². The number of hydrogen-bond acceptors (Lipinski definition) is 3. The summed E-state index contributed by atoms with van der Waals surface area (Å²) in [4.78, 5) is 1.89. The minimum atomic E-state index is -4.05. The maximum absolute atomic E-state index is 12.2. The number of piperidine rings is 1. The number of nitrogens with zero attached hydrogens (tertiary/aromatic N) is 4. The molecule has 2 fully saturated rings. The summed E-state index contributed by atoms with van der Waals surface area (Å²) in [5, 5.41) is 8.37. The zero-order valence-corrected chi connectivity index (χ0v) is 11.3. The minimum absolute atomic E-state index is 0.112. The van der Waals surface area contributed by atoms with Gasteiger partial charge in [-0.2, -0.15) is 13.2 Å². The molecular formula is C13H19F3N4. The van der Waals surface area contributed by atoms with Gasteiger partial charge in [0.25, 0.3) is 0 Å². The van der Waals surface area contributed by atoms with Crippen molar-refractivity contribution in [1.29, 1.82) is 0 Å². The normalized spacial score (nSPS) is 22.4. The number of alkyl halides is 3. The van der Waals surface area contributed by atoms with Crippen molar-refractivity contribution in [3.8, 4) is 0 Å². The van der Waals surface area contributed by atoms with Crippen molar-refractivity contribution in [1.82, 2.24) is 19.9 Å². The van der Waals surface area contributed by atoms with E-state index in [2.05, 4.69) is 10.3 Å². The van der Waals surface area contributed by atoms with Gasteiger partial charge in [0.2, 0.25) is 0 Å². The van der Waals surface area contributed by atoms with Gasteiger partial charge < -0.3 is 4.90 Å². The van der Waals surface area contributed by atoms with E-state index in [1.54, 1.807) is 0 Å². The number of hydrogen-bond donors (Lipinski definition) is 0. The SMILES string of the molecule is FC(F)(F)CCN1CCC(n2cc(C3CC3)nn2)CC1. The second-order valence-corrected chi connectivity index (χ2v) is 5.84. The summed E-state index contributed by atoms with van der Waals surface area (Å²) in [6, 6.07) is 0.289. The predicted molar refractivity (Wildman–Crippen MR) is 67.4 cm³/mol. The van der Waals surface area contributed by atoms with E-state index in [1.807, 2.05) is 15.8 Å². The van der Waals surface area contributed by atoms with Gasteiger partial charge in [0.05, 0.1) is 18.2 Å². The summed E-state index contributed by atoms with van der Waals surface area (Å²) in [5.41, 5.74) is 1.07. The number of aromatic nitrogens is 3. The first-order valence-corrected chi connectivity index (χ1v) is 7.22. The molecule has 3 rings (SSSR count). The van der Waals surface area contributed by atoms with Gasteiger partial charge in [-0.05, 0) is 25.7 Å². The van der Waals surface area contributed by atoms with Gasteiger partial charge in [0.15, 0.2) is 0 Å². The largest absolute Gasteiger partial charge is 0.390 e. The molecule has 0 radical (unpaired) electrons. The van der Waals surface area contributed by atoms with E-state index in [0.29, 0.717) is 19.0 Å². The zero-order valence-electron chi connectivity index (χ0n) is 11.3. The van der Waals surface area contributed by atoms with Gasteiger partial charge in [-0.3, -0.25) is 0 Å². The van der Waals surface area contributed by atoms with Gasteiger partial charge in [-0.15, -0.1) is 5.10 Å². The van der Waals surface area contributed by atoms with E-state index >= 15 is 0 Å². The Balaban J connectivity index is 1.47. The topological polar surface area (TPSA) is 34.0 Å². The molecule has 1 aliphatic carbocycles. The van der Waals surface area contributed by atoms with Gasteiger partial charge in [0.1, 0.15) is 0 Å². The molecule has 1 saturated heterocycles. The summed E-state index contributed by atoms with van der Waals surface area (Å²) >= 11 is 0. The van der Waals surface area contributed by atoms with Crippen molar-refractivity contribution in [2.45, 2.75) is 50.2 Å². The van der Waals surface area contributed by atoms with Crippen molar-refractivity contribution in [2.24, 2.45) is 0 Å². The molecule has 1 aromatic rings. The van der Waals surface area contributed by atoms with E-state index in [4.69, 9.17) is 0 Å². The van der Waals surface area contributed by atoms with Crippen LogP contribution in [0.2, 0.25) is 0 Å². The average molecular weight is 288 g/mol. The molecular weight excluding hydrogens is 269 g/mol. The second-order valence-electron chi connectivity index (χ2n) is 5.84. The lowest BCUT2D eigenvalue weighted by Crippen LogP contribution is -2.36. The Morgan fingerprint density at radius 3 is 2.45 bits per heavy atom. The molecule has 2 heterocycles. The lowest BCUT2D eigenvalue weighted by Gasteiger charge is -2.31. The molecule has 1 aromatic heterocycles. The molecule has 0 atom stereocenters. The van der Waals surface area contributed by atoms with Gasteiger partial charge in [-0.1, -0.05) is 5.21 Å². The van der Waals surface area contributed by atoms with Crippen LogP contribution in [0.25, 0.3) is 0 Å². The van der Waals surface area contributed by atoms with Crippen LogP contribution in [0.4, 0.5) is 13.2 Å². The molecule has 1 aliphatic heterocycles. The third-order valence-corrected chi connectivity index (χ3v) is 4.17. The molecule has 1 saturated carbocycles. The maximum atomic E-state index is 12.2. The van der Waals surface area contributed by atoms with Crippen molar-refractivity contribution in [3.05, 3.63) is 11.9 Å². The summed E-state index contributed by atoms with van der Waals surface area (Å²) in [7, 11) is 0. The first kappa shape index (κ1) is 13.9. The molecule has 0 N–H and O–H groups in total. The highest BCUT2D eigenvalue weighted by molar-refractivity contribution is 5.09. The molecule has 0 aromatic carbocycles. The fourth-order valence-corrected chi connectivity index (χ4v) is 2.73. The molecule has 7 heteroatoms. The van der Waals surface area contributed by atoms with E-state index in [1.165, 1.54) is 12.8 Å². The van der Waals surface area contributed by atoms with Gasteiger partial charge in [0, 0.05) is 31.7 Å². The van der Waals surface area contributed by atoms with Gasteiger partial charge in [-0.25, -0.2) is 4.68 Å². The Kier molecular flexibility index (Phi) is 3.70. The second kappa shape index (κ2) is 5.35. The summed E-state index contributed by atoms with van der Waals surface area (Å²) in [6.45, 7) is 1.53. The van der Waals surface area contributed by atoms with Crippen LogP contribution >= 0.6 is 0 Å². The highest BCUT2D eigenvalue weighted by Crippen LogP contribution is 2.39. The van der Waals surface area contributed by atoms with E-state index in [0.717, 1.165) is 18.5 Å². The quantitative estimate of drug-likeness (QED) is 0.854. The highest BCUT2D eigenvalue weighted by Gasteiger charge is 2.30. The molecule has 0 bridgehead atoms. The Morgan fingerprint density at radius 2 is 1.85 bits per heavy atom. The van der Waals surface area contributed by atoms with Crippen molar-refractivity contribution in [2.75, 3.05) is 19.6 Å². The molecule has 0 spiro atoms. The number of halogens is 3. The first-order chi connectivity index (χ1) is 9.51. The van der Waals surface area contributed by atoms with Crippen molar-refractivity contribution < 1.29 is 13.2 Å². The molecule has 112 valence electrons. The van der Waals surface area contributed by atoms with Crippen LogP contribution in [-0.2, 0) is 0 Å². The van der Waals surface area contributed by atoms with Crippen molar-refractivity contribution >= 4 is 0 Å². The Hall–Kier alpha value is -1.11. The Bertz CT molecular complexity index is 445. The van der Waals surface area contributed by atoms with E-state index < -0.39 is 12.6 Å². The van der Waals surface area contributed by atoms with E-state index in [9.17, 15) is 13.2 Å². The standard InChI is InChI=1S/C13H19F3N4/c14-13(15,16)5-8-19-6-3-11(4-7-19)20-9-12(17-18-20)10-1-2-10/h9-11H,1-8H2. The smallest absolute Gasteiger partial charge is 0.303 e. The first-order valence-electron chi connectivity index (χ1n) is 7.22. The van der Waals surface area contributed by atoms with E-state index in [-0.39, 0.29) is 12.6 Å². The third-order valence-electron chi connectivity index (χ3n) is 4.17. The minimum Gasteiger partial charge on any atom is -0.303 e. The predicted octanol–water partition coefficient (Wildman–Crippen LogP) is 2.74. The lowest BCUT2D eigenvalue weighted by molar-refractivity contribution is -0.138. The van der Waals surface area contributed by atoms with Crippen LogP contribution in [-0.4, -0.2) is 45.7 Å². The average Bonchev–Trinajstić information content (AvgIpc) is 3.14. The number of likely N-dealkylation sites (tertiary alicyclic amines) is 1. The van der Waals surface area contributed by atoms with Crippen LogP contribution in [0.1, 0.15) is 49.8 Å². The van der Waals surface area contributed by atoms with Crippen LogP contribution in [0.3, 0.4) is 0 Å². The third kappa shape index (κ3) is 3.50. The Labute approximate surface area is 115 Å². The zero-order chi connectivity index (χ0) is 14.2. The fourth-order valence-electron chi connectivity index (χ4n) is 2.73. The fraction of sp³-hybridized carbons (Fsp3) is 0.846. The van der Waals surface area contributed by atoms with Crippen molar-refractivity contribution in [3.63, 3.8) is 0 Å². The van der Waals surface area contributed by atoms with Crippen LogP contribution in [0.15, 0.2) is 6.20 Å². The lowest BCUT2D eigenvalue weighted by atomic mass is 10.1. The van der Waals surface area contributed by atoms with Gasteiger partial charge >= 0.3 is 6.18 Å².